The van der Waals surface area contributed by atoms with Crippen molar-refractivity contribution in [1.29, 1.82) is 0 Å². The lowest BCUT2D eigenvalue weighted by molar-refractivity contribution is 0.190. The molecule has 34 heavy (non-hydrogen) atoms. The van der Waals surface area contributed by atoms with Crippen LogP contribution in [0.15, 0.2) is 0 Å². The first kappa shape index (κ1) is 33.9. The summed E-state index contributed by atoms with van der Waals surface area (Å²) < 4.78 is 0. The lowest BCUT2D eigenvalue weighted by Gasteiger charge is -2.21. The molecule has 0 aliphatic carbocycles. The third kappa shape index (κ3) is 25.0. The summed E-state index contributed by atoms with van der Waals surface area (Å²) in [6.07, 6.45) is 34.0. The number of aliphatic hydroxyl groups is 1. The fourth-order valence-electron chi connectivity index (χ4n) is 5.40. The number of hydrogen-bond acceptors (Lipinski definition) is 2. The maximum absolute atomic E-state index is 9.35. The van der Waals surface area contributed by atoms with Crippen molar-refractivity contribution in [2.24, 2.45) is 5.92 Å². The summed E-state index contributed by atoms with van der Waals surface area (Å²) in [5.41, 5.74) is 0. The van der Waals surface area contributed by atoms with Crippen LogP contribution in [0.1, 0.15) is 175 Å². The minimum Gasteiger partial charge on any atom is -0.395 e. The first-order valence-electron chi connectivity index (χ1n) is 16.1. The molecule has 0 aromatic heterocycles. The number of unbranched alkanes of at least 4 members (excludes halogenated alkanes) is 17. The largest absolute Gasteiger partial charge is 0.395 e. The molecule has 0 spiro atoms. The molecule has 0 radical (unpaired) electrons. The molecule has 0 aliphatic rings. The summed E-state index contributed by atoms with van der Waals surface area (Å²) in [7, 11) is 0. The van der Waals surface area contributed by atoms with E-state index < -0.39 is 0 Å². The van der Waals surface area contributed by atoms with E-state index in [-0.39, 0.29) is 0 Å². The van der Waals surface area contributed by atoms with Gasteiger partial charge in [-0.25, -0.2) is 0 Å². The summed E-state index contributed by atoms with van der Waals surface area (Å²) in [5.74, 6) is 1.00. The molecule has 0 saturated heterocycles. The fraction of sp³-hybridized carbons (Fsp3) is 1.00. The fourth-order valence-corrected chi connectivity index (χ4v) is 5.40. The van der Waals surface area contributed by atoms with Crippen LogP contribution in [0, 0.1) is 5.92 Å². The number of nitrogens with zero attached hydrogens (tertiary/aromatic N) is 1. The average molecular weight is 482 g/mol. The Kier molecular flexibility index (Phi) is 29.1. The number of rotatable bonds is 29. The van der Waals surface area contributed by atoms with Gasteiger partial charge in [0.2, 0.25) is 0 Å². The Morgan fingerprint density at radius 1 is 0.412 bits per heavy atom. The Labute approximate surface area is 217 Å². The van der Waals surface area contributed by atoms with Gasteiger partial charge in [0.25, 0.3) is 0 Å². The second kappa shape index (κ2) is 29.2. The van der Waals surface area contributed by atoms with E-state index in [9.17, 15) is 5.11 Å². The van der Waals surface area contributed by atoms with E-state index in [0.717, 1.165) is 12.5 Å². The first-order valence-corrected chi connectivity index (χ1v) is 16.1. The molecule has 0 aromatic carbocycles. The van der Waals surface area contributed by atoms with Crippen molar-refractivity contribution in [1.82, 2.24) is 4.90 Å². The molecule has 1 N–H and O–H groups in total. The third-order valence-corrected chi connectivity index (χ3v) is 7.76. The van der Waals surface area contributed by atoms with E-state index in [1.54, 1.807) is 0 Å². The molecular weight excluding hydrogens is 414 g/mol. The molecule has 0 unspecified atom stereocenters. The van der Waals surface area contributed by atoms with Crippen LogP contribution < -0.4 is 0 Å². The normalized spacial score (nSPS) is 11.8. The minimum atomic E-state index is 0.312. The lowest BCUT2D eigenvalue weighted by Crippen LogP contribution is -2.29. The van der Waals surface area contributed by atoms with E-state index in [2.05, 4.69) is 25.7 Å². The zero-order valence-corrected chi connectivity index (χ0v) is 24.3. The number of aliphatic hydroxyl groups excluding tert-OH is 1. The molecule has 0 rings (SSSR count). The Morgan fingerprint density at radius 2 is 0.735 bits per heavy atom. The standard InChI is InChI=1S/C32H67NO/c1-4-7-10-13-16-20-25-32(26-21-17-14-11-8-5-2)27-22-18-15-19-24-29-33(30-31-34)28-23-12-9-6-3/h32,34H,4-31H2,1-3H3. The van der Waals surface area contributed by atoms with Gasteiger partial charge in [0.1, 0.15) is 0 Å². The molecule has 0 saturated carbocycles. The van der Waals surface area contributed by atoms with Crippen molar-refractivity contribution < 1.29 is 5.11 Å². The zero-order chi connectivity index (χ0) is 25.0. The summed E-state index contributed by atoms with van der Waals surface area (Å²) in [6.45, 7) is 10.4. The average Bonchev–Trinajstić information content (AvgIpc) is 2.84. The van der Waals surface area contributed by atoms with Crippen LogP contribution >= 0.6 is 0 Å². The van der Waals surface area contributed by atoms with Crippen LogP contribution in [-0.2, 0) is 0 Å². The van der Waals surface area contributed by atoms with Crippen LogP contribution in [0.5, 0.6) is 0 Å². The van der Waals surface area contributed by atoms with Crippen LogP contribution in [0.25, 0.3) is 0 Å². The predicted octanol–water partition coefficient (Wildman–Crippen LogP) is 10.3. The molecule has 0 aliphatic heterocycles. The predicted molar refractivity (Wildman–Crippen MR) is 155 cm³/mol. The van der Waals surface area contributed by atoms with Crippen LogP contribution in [0.2, 0.25) is 0 Å². The topological polar surface area (TPSA) is 23.5 Å². The van der Waals surface area contributed by atoms with Gasteiger partial charge in [-0.1, -0.05) is 162 Å². The molecule has 0 aromatic rings. The second-order valence-electron chi connectivity index (χ2n) is 11.2. The van der Waals surface area contributed by atoms with Crippen LogP contribution in [0.3, 0.4) is 0 Å². The Bertz CT molecular complexity index is 343. The van der Waals surface area contributed by atoms with E-state index in [1.165, 1.54) is 167 Å². The lowest BCUT2D eigenvalue weighted by atomic mass is 9.89. The van der Waals surface area contributed by atoms with Gasteiger partial charge < -0.3 is 10.0 Å². The van der Waals surface area contributed by atoms with E-state index in [0.29, 0.717) is 6.61 Å². The number of hydrogen-bond donors (Lipinski definition) is 1. The highest BCUT2D eigenvalue weighted by Crippen LogP contribution is 2.24. The third-order valence-electron chi connectivity index (χ3n) is 7.76. The molecular formula is C32H67NO. The summed E-state index contributed by atoms with van der Waals surface area (Å²) in [6, 6.07) is 0. The molecule has 206 valence electrons. The van der Waals surface area contributed by atoms with Gasteiger partial charge in [-0.2, -0.15) is 0 Å². The van der Waals surface area contributed by atoms with Crippen molar-refractivity contribution >= 4 is 0 Å². The highest BCUT2D eigenvalue weighted by atomic mass is 16.3. The molecule has 2 heteroatoms. The van der Waals surface area contributed by atoms with Crippen LogP contribution in [0.4, 0.5) is 0 Å². The monoisotopic (exact) mass is 482 g/mol. The van der Waals surface area contributed by atoms with Gasteiger partial charge in [-0.3, -0.25) is 0 Å². The second-order valence-corrected chi connectivity index (χ2v) is 11.2. The SMILES string of the molecule is CCCCCCCCC(CCCCCCCC)CCCCCCCN(CCO)CCCCCC. The minimum absolute atomic E-state index is 0.312. The van der Waals surface area contributed by atoms with Crippen LogP contribution in [-0.4, -0.2) is 36.2 Å². The van der Waals surface area contributed by atoms with Crippen molar-refractivity contribution in [2.75, 3.05) is 26.2 Å². The van der Waals surface area contributed by atoms with Gasteiger partial charge in [0.05, 0.1) is 6.61 Å². The Hall–Kier alpha value is -0.0800. The first-order chi connectivity index (χ1) is 16.8. The molecule has 0 bridgehead atoms. The van der Waals surface area contributed by atoms with Crippen molar-refractivity contribution in [2.45, 2.75) is 175 Å². The summed E-state index contributed by atoms with van der Waals surface area (Å²) >= 11 is 0. The molecule has 0 amide bonds. The van der Waals surface area contributed by atoms with E-state index in [4.69, 9.17) is 0 Å². The van der Waals surface area contributed by atoms with Crippen molar-refractivity contribution in [3.63, 3.8) is 0 Å². The van der Waals surface area contributed by atoms with E-state index in [1.807, 2.05) is 0 Å². The Morgan fingerprint density at radius 3 is 1.12 bits per heavy atom. The maximum Gasteiger partial charge on any atom is 0.0558 e. The molecule has 2 nitrogen and oxygen atoms in total. The highest BCUT2D eigenvalue weighted by molar-refractivity contribution is 4.63. The molecule has 0 fully saturated rings. The van der Waals surface area contributed by atoms with Gasteiger partial charge >= 0.3 is 0 Å². The van der Waals surface area contributed by atoms with Gasteiger partial charge in [0, 0.05) is 6.54 Å². The molecule has 0 heterocycles. The van der Waals surface area contributed by atoms with Crippen molar-refractivity contribution in [3.8, 4) is 0 Å². The smallest absolute Gasteiger partial charge is 0.0558 e. The molecule has 0 atom stereocenters. The maximum atomic E-state index is 9.35. The summed E-state index contributed by atoms with van der Waals surface area (Å²) in [5, 5.41) is 9.35. The summed E-state index contributed by atoms with van der Waals surface area (Å²) in [4.78, 5) is 2.49. The quantitative estimate of drug-likeness (QED) is 0.107. The van der Waals surface area contributed by atoms with Crippen molar-refractivity contribution in [3.05, 3.63) is 0 Å². The van der Waals surface area contributed by atoms with E-state index >= 15 is 0 Å². The zero-order valence-electron chi connectivity index (χ0n) is 24.3. The Balaban J connectivity index is 3.96. The van der Waals surface area contributed by atoms with Gasteiger partial charge in [-0.05, 0) is 31.8 Å². The highest BCUT2D eigenvalue weighted by Gasteiger charge is 2.09. The van der Waals surface area contributed by atoms with Gasteiger partial charge in [-0.15, -0.1) is 0 Å². The van der Waals surface area contributed by atoms with Gasteiger partial charge in [0.15, 0.2) is 0 Å².